The summed E-state index contributed by atoms with van der Waals surface area (Å²) in [5.74, 6) is -0.172. The molecule has 0 heterocycles. The van der Waals surface area contributed by atoms with Crippen molar-refractivity contribution in [3.8, 4) is 5.75 Å². The second-order valence-electron chi connectivity index (χ2n) is 3.83. The molecule has 4 heteroatoms. The van der Waals surface area contributed by atoms with E-state index in [0.29, 0.717) is 17.2 Å². The highest BCUT2D eigenvalue weighted by Gasteiger charge is 2.06. The summed E-state index contributed by atoms with van der Waals surface area (Å²) in [5.41, 5.74) is 0.906. The molecule has 0 saturated carbocycles. The first-order valence-electron chi connectivity index (χ1n) is 5.16. The van der Waals surface area contributed by atoms with Crippen molar-refractivity contribution in [3.05, 3.63) is 28.8 Å². The van der Waals surface area contributed by atoms with Gasteiger partial charge in [0.25, 0.3) is 0 Å². The van der Waals surface area contributed by atoms with E-state index in [4.69, 9.17) is 21.4 Å². The summed E-state index contributed by atoms with van der Waals surface area (Å²) in [6.07, 6.45) is 0.667. The third-order valence-electron chi connectivity index (χ3n) is 1.99. The van der Waals surface area contributed by atoms with Crippen LogP contribution in [0, 0.1) is 0 Å². The lowest BCUT2D eigenvalue weighted by Gasteiger charge is -2.12. The van der Waals surface area contributed by atoms with E-state index in [2.05, 4.69) is 0 Å². The maximum Gasteiger partial charge on any atom is 0.303 e. The van der Waals surface area contributed by atoms with Crippen molar-refractivity contribution < 1.29 is 14.6 Å². The van der Waals surface area contributed by atoms with Crippen LogP contribution in [0.5, 0.6) is 5.75 Å². The van der Waals surface area contributed by atoms with Gasteiger partial charge in [0.2, 0.25) is 0 Å². The maximum absolute atomic E-state index is 10.4. The molecule has 1 N–H and O–H groups in total. The van der Waals surface area contributed by atoms with Gasteiger partial charge in [0.1, 0.15) is 5.75 Å². The molecule has 0 aliphatic carbocycles. The van der Waals surface area contributed by atoms with Gasteiger partial charge in [0.15, 0.2) is 0 Å². The summed E-state index contributed by atoms with van der Waals surface area (Å²) in [7, 11) is 0. The number of hydrogen-bond donors (Lipinski definition) is 1. The Balaban J connectivity index is 2.70. The number of hydrogen-bond acceptors (Lipinski definition) is 2. The number of carboxylic acids is 1. The molecule has 1 aromatic carbocycles. The predicted octanol–water partition coefficient (Wildman–Crippen LogP) is 3.14. The van der Waals surface area contributed by atoms with E-state index >= 15 is 0 Å². The number of ether oxygens (including phenoxy) is 1. The van der Waals surface area contributed by atoms with Gasteiger partial charge in [-0.1, -0.05) is 17.7 Å². The van der Waals surface area contributed by atoms with Gasteiger partial charge in [0, 0.05) is 6.42 Å². The Hall–Kier alpha value is -1.22. The van der Waals surface area contributed by atoms with Crippen LogP contribution in [0.1, 0.15) is 25.8 Å². The van der Waals surface area contributed by atoms with E-state index in [1.54, 1.807) is 12.1 Å². The number of benzene rings is 1. The van der Waals surface area contributed by atoms with Crippen molar-refractivity contribution in [2.24, 2.45) is 0 Å². The third kappa shape index (κ3) is 4.11. The number of aliphatic carboxylic acids is 1. The number of halogens is 1. The maximum atomic E-state index is 10.4. The highest BCUT2D eigenvalue weighted by molar-refractivity contribution is 6.32. The summed E-state index contributed by atoms with van der Waals surface area (Å²) in [5, 5.41) is 9.08. The van der Waals surface area contributed by atoms with Crippen molar-refractivity contribution >= 4 is 17.6 Å². The van der Waals surface area contributed by atoms with Gasteiger partial charge >= 0.3 is 5.97 Å². The molecule has 3 nitrogen and oxygen atoms in total. The normalized spacial score (nSPS) is 10.5. The number of carbonyl (C=O) groups is 1. The first kappa shape index (κ1) is 12.8. The van der Waals surface area contributed by atoms with Crippen LogP contribution in [0.25, 0.3) is 0 Å². The zero-order chi connectivity index (χ0) is 12.1. The average Bonchev–Trinajstić information content (AvgIpc) is 2.18. The number of aryl methyl sites for hydroxylation is 1. The molecule has 0 radical (unpaired) electrons. The molecule has 0 atom stereocenters. The highest BCUT2D eigenvalue weighted by atomic mass is 35.5. The second kappa shape index (κ2) is 5.75. The Morgan fingerprint density at radius 1 is 1.50 bits per heavy atom. The fraction of sp³-hybridized carbons (Fsp3) is 0.417. The van der Waals surface area contributed by atoms with Gasteiger partial charge in [-0.3, -0.25) is 4.79 Å². The Bertz CT molecular complexity index is 375. The van der Waals surface area contributed by atoms with Crippen molar-refractivity contribution in [3.63, 3.8) is 0 Å². The Morgan fingerprint density at radius 2 is 2.19 bits per heavy atom. The highest BCUT2D eigenvalue weighted by Crippen LogP contribution is 2.26. The molecule has 16 heavy (non-hydrogen) atoms. The van der Waals surface area contributed by atoms with Crippen LogP contribution < -0.4 is 4.74 Å². The van der Waals surface area contributed by atoms with Gasteiger partial charge in [-0.15, -0.1) is 0 Å². The van der Waals surface area contributed by atoms with Gasteiger partial charge < -0.3 is 9.84 Å². The molecule has 0 spiro atoms. The molecular formula is C12H15ClO3. The van der Waals surface area contributed by atoms with Gasteiger partial charge in [-0.05, 0) is 38.0 Å². The number of carboxylic acid groups (broad SMARTS) is 1. The zero-order valence-electron chi connectivity index (χ0n) is 9.37. The summed E-state index contributed by atoms with van der Waals surface area (Å²) < 4.78 is 5.48. The van der Waals surface area contributed by atoms with E-state index in [1.165, 1.54) is 0 Å². The quantitative estimate of drug-likeness (QED) is 0.863. The van der Waals surface area contributed by atoms with Crippen LogP contribution in [-0.4, -0.2) is 17.2 Å². The lowest BCUT2D eigenvalue weighted by atomic mass is 10.1. The van der Waals surface area contributed by atoms with Crippen LogP contribution in [0.4, 0.5) is 0 Å². The topological polar surface area (TPSA) is 46.5 Å². The molecule has 88 valence electrons. The van der Waals surface area contributed by atoms with Crippen LogP contribution in [0.2, 0.25) is 5.02 Å². The molecule has 1 aromatic rings. The summed E-state index contributed by atoms with van der Waals surface area (Å²) >= 11 is 6.02. The molecule has 0 bridgehead atoms. The Labute approximate surface area is 100.0 Å². The fourth-order valence-electron chi connectivity index (χ4n) is 1.30. The minimum absolute atomic E-state index is 0.0716. The van der Waals surface area contributed by atoms with E-state index in [0.717, 1.165) is 5.56 Å². The van der Waals surface area contributed by atoms with Crippen LogP contribution in [0.3, 0.4) is 0 Å². The predicted molar refractivity (Wildman–Crippen MR) is 63.2 cm³/mol. The van der Waals surface area contributed by atoms with Gasteiger partial charge in [0.05, 0.1) is 11.1 Å². The molecule has 1 rings (SSSR count). The van der Waals surface area contributed by atoms with Crippen LogP contribution in [0.15, 0.2) is 18.2 Å². The standard InChI is InChI=1S/C12H15ClO3/c1-8(2)16-11-5-3-9(7-10(11)13)4-6-12(14)15/h3,5,7-8H,4,6H2,1-2H3,(H,14,15). The average molecular weight is 243 g/mol. The van der Waals surface area contributed by atoms with Crippen molar-refractivity contribution in [1.29, 1.82) is 0 Å². The molecule has 0 aromatic heterocycles. The lowest BCUT2D eigenvalue weighted by Crippen LogP contribution is -2.06. The fourth-order valence-corrected chi connectivity index (χ4v) is 1.55. The van der Waals surface area contributed by atoms with E-state index in [-0.39, 0.29) is 12.5 Å². The largest absolute Gasteiger partial charge is 0.489 e. The first-order chi connectivity index (χ1) is 7.49. The Kier molecular flexibility index (Phi) is 4.62. The van der Waals surface area contributed by atoms with E-state index in [1.807, 2.05) is 19.9 Å². The Morgan fingerprint density at radius 3 is 2.69 bits per heavy atom. The zero-order valence-corrected chi connectivity index (χ0v) is 10.1. The molecule has 0 fully saturated rings. The summed E-state index contributed by atoms with van der Waals surface area (Å²) in [6.45, 7) is 3.85. The second-order valence-corrected chi connectivity index (χ2v) is 4.23. The molecule has 0 saturated heterocycles. The lowest BCUT2D eigenvalue weighted by molar-refractivity contribution is -0.136. The van der Waals surface area contributed by atoms with Crippen molar-refractivity contribution in [2.75, 3.05) is 0 Å². The molecule has 0 unspecified atom stereocenters. The first-order valence-corrected chi connectivity index (χ1v) is 5.53. The summed E-state index contributed by atoms with van der Waals surface area (Å²) in [4.78, 5) is 10.4. The van der Waals surface area contributed by atoms with E-state index < -0.39 is 5.97 Å². The third-order valence-corrected chi connectivity index (χ3v) is 2.28. The molecule has 0 aliphatic heterocycles. The van der Waals surface area contributed by atoms with Crippen LogP contribution >= 0.6 is 11.6 Å². The molecule has 0 aliphatic rings. The molecular weight excluding hydrogens is 228 g/mol. The minimum Gasteiger partial charge on any atom is -0.489 e. The van der Waals surface area contributed by atoms with Crippen LogP contribution in [-0.2, 0) is 11.2 Å². The summed E-state index contributed by atoms with van der Waals surface area (Å²) in [6, 6.07) is 5.37. The number of rotatable bonds is 5. The van der Waals surface area contributed by atoms with Gasteiger partial charge in [-0.25, -0.2) is 0 Å². The molecule has 0 amide bonds. The van der Waals surface area contributed by atoms with E-state index in [9.17, 15) is 4.79 Å². The van der Waals surface area contributed by atoms with Gasteiger partial charge in [-0.2, -0.15) is 0 Å². The monoisotopic (exact) mass is 242 g/mol. The SMILES string of the molecule is CC(C)Oc1ccc(CCC(=O)O)cc1Cl. The van der Waals surface area contributed by atoms with Crippen molar-refractivity contribution in [1.82, 2.24) is 0 Å². The minimum atomic E-state index is -0.807. The van der Waals surface area contributed by atoms with Crippen molar-refractivity contribution in [2.45, 2.75) is 32.8 Å². The smallest absolute Gasteiger partial charge is 0.303 e.